The molecule has 3 aromatic rings. The molecule has 2 aromatic carbocycles. The van der Waals surface area contributed by atoms with Crippen molar-refractivity contribution in [3.05, 3.63) is 47.5 Å². The van der Waals surface area contributed by atoms with Crippen molar-refractivity contribution >= 4 is 28.3 Å². The molecule has 0 atom stereocenters. The number of aromatic amines is 1. The largest absolute Gasteiger partial charge is 0.399 e. The molecule has 3 nitrogen and oxygen atoms in total. The fourth-order valence-electron chi connectivity index (χ4n) is 1.82. The molecule has 4 heteroatoms. The lowest BCUT2D eigenvalue weighted by Crippen LogP contribution is -1.86. The van der Waals surface area contributed by atoms with Crippen LogP contribution in [0.2, 0.25) is 5.02 Å². The summed E-state index contributed by atoms with van der Waals surface area (Å²) in [6, 6.07) is 13.3. The van der Waals surface area contributed by atoms with Crippen LogP contribution in [-0.2, 0) is 0 Å². The van der Waals surface area contributed by atoms with Gasteiger partial charge in [-0.05, 0) is 24.3 Å². The van der Waals surface area contributed by atoms with Crippen LogP contribution in [0.5, 0.6) is 0 Å². The highest BCUT2D eigenvalue weighted by Gasteiger charge is 2.07. The van der Waals surface area contributed by atoms with Crippen LogP contribution in [0.1, 0.15) is 0 Å². The molecular formula is C13H10ClN3. The molecule has 0 saturated heterocycles. The van der Waals surface area contributed by atoms with Crippen molar-refractivity contribution in [1.29, 1.82) is 0 Å². The van der Waals surface area contributed by atoms with Crippen LogP contribution in [0.15, 0.2) is 42.5 Å². The van der Waals surface area contributed by atoms with Crippen LogP contribution < -0.4 is 5.73 Å². The van der Waals surface area contributed by atoms with E-state index in [-0.39, 0.29) is 0 Å². The Hall–Kier alpha value is -2.00. The standard InChI is InChI=1S/C13H10ClN3/c14-10-5-2-6-11-12(10)17-13(16-11)8-3-1-4-9(15)7-8/h1-7H,15H2,(H,16,17). The van der Waals surface area contributed by atoms with Crippen LogP contribution >= 0.6 is 11.6 Å². The second-order valence-electron chi connectivity index (χ2n) is 3.85. The molecule has 0 amide bonds. The molecule has 0 aliphatic carbocycles. The number of hydrogen-bond donors (Lipinski definition) is 2. The first-order valence-corrected chi connectivity index (χ1v) is 5.62. The zero-order valence-corrected chi connectivity index (χ0v) is 9.70. The topological polar surface area (TPSA) is 54.7 Å². The van der Waals surface area contributed by atoms with Gasteiger partial charge in [0.1, 0.15) is 11.3 Å². The van der Waals surface area contributed by atoms with Crippen molar-refractivity contribution in [3.8, 4) is 11.4 Å². The number of H-pyrrole nitrogens is 1. The highest BCUT2D eigenvalue weighted by Crippen LogP contribution is 2.26. The zero-order chi connectivity index (χ0) is 11.8. The van der Waals surface area contributed by atoms with Crippen molar-refractivity contribution in [1.82, 2.24) is 9.97 Å². The number of nitrogens with one attached hydrogen (secondary N) is 1. The Bertz CT molecular complexity index is 688. The molecular weight excluding hydrogens is 234 g/mol. The number of nitrogen functional groups attached to an aromatic ring is 1. The molecule has 0 radical (unpaired) electrons. The smallest absolute Gasteiger partial charge is 0.138 e. The average molecular weight is 244 g/mol. The van der Waals surface area contributed by atoms with Gasteiger partial charge in [-0.1, -0.05) is 29.8 Å². The van der Waals surface area contributed by atoms with Crippen LogP contribution in [0, 0.1) is 0 Å². The predicted octanol–water partition coefficient (Wildman–Crippen LogP) is 3.47. The molecule has 0 fully saturated rings. The maximum atomic E-state index is 6.08. The lowest BCUT2D eigenvalue weighted by atomic mass is 10.2. The molecule has 0 unspecified atom stereocenters. The SMILES string of the molecule is Nc1cccc(-c2nc3c(Cl)cccc3[nH]2)c1. The maximum Gasteiger partial charge on any atom is 0.138 e. The summed E-state index contributed by atoms with van der Waals surface area (Å²) in [4.78, 5) is 7.71. The number of aromatic nitrogens is 2. The Labute approximate surface area is 103 Å². The fourth-order valence-corrected chi connectivity index (χ4v) is 2.04. The number of hydrogen-bond acceptors (Lipinski definition) is 2. The third-order valence-electron chi connectivity index (χ3n) is 2.62. The summed E-state index contributed by atoms with van der Waals surface area (Å²) in [6.45, 7) is 0. The number of nitrogens with two attached hydrogens (primary N) is 1. The van der Waals surface area contributed by atoms with E-state index in [1.54, 1.807) is 0 Å². The van der Waals surface area contributed by atoms with Gasteiger partial charge >= 0.3 is 0 Å². The van der Waals surface area contributed by atoms with Crippen molar-refractivity contribution in [3.63, 3.8) is 0 Å². The molecule has 84 valence electrons. The van der Waals surface area contributed by atoms with E-state index in [1.807, 2.05) is 42.5 Å². The first kappa shape index (κ1) is 10.2. The van der Waals surface area contributed by atoms with Gasteiger partial charge in [0.2, 0.25) is 0 Å². The molecule has 0 saturated carbocycles. The van der Waals surface area contributed by atoms with E-state index >= 15 is 0 Å². The van der Waals surface area contributed by atoms with E-state index in [1.165, 1.54) is 0 Å². The van der Waals surface area contributed by atoms with Crippen LogP contribution in [-0.4, -0.2) is 9.97 Å². The maximum absolute atomic E-state index is 6.08. The number of anilines is 1. The highest BCUT2D eigenvalue weighted by atomic mass is 35.5. The Kier molecular flexibility index (Phi) is 2.27. The summed E-state index contributed by atoms with van der Waals surface area (Å²) >= 11 is 6.08. The molecule has 17 heavy (non-hydrogen) atoms. The van der Waals surface area contributed by atoms with Gasteiger partial charge in [0.15, 0.2) is 0 Å². The minimum absolute atomic E-state index is 0.647. The second-order valence-corrected chi connectivity index (χ2v) is 4.25. The van der Waals surface area contributed by atoms with Gasteiger partial charge in [0.25, 0.3) is 0 Å². The van der Waals surface area contributed by atoms with Crippen molar-refractivity contribution in [2.45, 2.75) is 0 Å². The number of fused-ring (bicyclic) bond motifs is 1. The van der Waals surface area contributed by atoms with Crippen LogP contribution in [0.25, 0.3) is 22.4 Å². The summed E-state index contributed by atoms with van der Waals surface area (Å²) in [6.07, 6.45) is 0. The third kappa shape index (κ3) is 1.74. The minimum Gasteiger partial charge on any atom is -0.399 e. The Morgan fingerprint density at radius 1 is 1.12 bits per heavy atom. The minimum atomic E-state index is 0.647. The Balaban J connectivity index is 2.22. The summed E-state index contributed by atoms with van der Waals surface area (Å²) in [7, 11) is 0. The summed E-state index contributed by atoms with van der Waals surface area (Å²) in [5.41, 5.74) is 9.13. The summed E-state index contributed by atoms with van der Waals surface area (Å²) in [5, 5.41) is 0.647. The molecule has 0 bridgehead atoms. The number of halogens is 1. The quantitative estimate of drug-likeness (QED) is 0.643. The predicted molar refractivity (Wildman–Crippen MR) is 71.0 cm³/mol. The van der Waals surface area contributed by atoms with Gasteiger partial charge in [-0.3, -0.25) is 0 Å². The van der Waals surface area contributed by atoms with E-state index in [9.17, 15) is 0 Å². The number of imidazole rings is 1. The van der Waals surface area contributed by atoms with Gasteiger partial charge in [-0.25, -0.2) is 4.98 Å². The number of para-hydroxylation sites is 1. The van der Waals surface area contributed by atoms with E-state index in [2.05, 4.69) is 9.97 Å². The molecule has 0 spiro atoms. The lowest BCUT2D eigenvalue weighted by molar-refractivity contribution is 1.34. The van der Waals surface area contributed by atoms with Gasteiger partial charge in [0.05, 0.1) is 10.5 Å². The highest BCUT2D eigenvalue weighted by molar-refractivity contribution is 6.34. The molecule has 1 aromatic heterocycles. The lowest BCUT2D eigenvalue weighted by Gasteiger charge is -1.97. The van der Waals surface area contributed by atoms with Crippen molar-refractivity contribution in [2.24, 2.45) is 0 Å². The first-order valence-electron chi connectivity index (χ1n) is 5.24. The Morgan fingerprint density at radius 3 is 2.71 bits per heavy atom. The van der Waals surface area contributed by atoms with E-state index < -0.39 is 0 Å². The molecule has 0 aliphatic heterocycles. The normalized spacial score (nSPS) is 10.9. The Morgan fingerprint density at radius 2 is 1.94 bits per heavy atom. The second kappa shape index (κ2) is 3.79. The van der Waals surface area contributed by atoms with E-state index in [0.29, 0.717) is 10.7 Å². The van der Waals surface area contributed by atoms with Gasteiger partial charge < -0.3 is 10.7 Å². The number of rotatable bonds is 1. The van der Waals surface area contributed by atoms with Gasteiger partial charge in [0, 0.05) is 11.3 Å². The monoisotopic (exact) mass is 243 g/mol. The number of nitrogens with zero attached hydrogens (tertiary/aromatic N) is 1. The third-order valence-corrected chi connectivity index (χ3v) is 2.93. The summed E-state index contributed by atoms with van der Waals surface area (Å²) < 4.78 is 0. The molecule has 1 heterocycles. The van der Waals surface area contributed by atoms with E-state index in [0.717, 1.165) is 22.4 Å². The van der Waals surface area contributed by atoms with Gasteiger partial charge in [-0.2, -0.15) is 0 Å². The molecule has 3 N–H and O–H groups in total. The van der Waals surface area contributed by atoms with Crippen molar-refractivity contribution in [2.75, 3.05) is 5.73 Å². The van der Waals surface area contributed by atoms with Crippen molar-refractivity contribution < 1.29 is 0 Å². The molecule has 0 aliphatic rings. The zero-order valence-electron chi connectivity index (χ0n) is 8.94. The van der Waals surface area contributed by atoms with E-state index in [4.69, 9.17) is 17.3 Å². The average Bonchev–Trinajstić information content (AvgIpc) is 2.74. The van der Waals surface area contributed by atoms with Crippen LogP contribution in [0.4, 0.5) is 5.69 Å². The summed E-state index contributed by atoms with van der Waals surface area (Å²) in [5.74, 6) is 0.778. The number of benzene rings is 2. The fraction of sp³-hybridized carbons (Fsp3) is 0. The molecule has 3 rings (SSSR count). The van der Waals surface area contributed by atoms with Crippen LogP contribution in [0.3, 0.4) is 0 Å². The van der Waals surface area contributed by atoms with Gasteiger partial charge in [-0.15, -0.1) is 0 Å². The first-order chi connectivity index (χ1) is 8.24.